The summed E-state index contributed by atoms with van der Waals surface area (Å²) in [5, 5.41) is 3.42. The summed E-state index contributed by atoms with van der Waals surface area (Å²) in [6.45, 7) is 5.82. The van der Waals surface area contributed by atoms with Crippen LogP contribution in [0, 0.1) is 6.92 Å². The van der Waals surface area contributed by atoms with Crippen LogP contribution in [-0.4, -0.2) is 50.2 Å². The second kappa shape index (κ2) is 8.39. The molecule has 1 saturated heterocycles. The van der Waals surface area contributed by atoms with Crippen LogP contribution >= 0.6 is 0 Å². The molecule has 0 atom stereocenters. The van der Waals surface area contributed by atoms with Crippen molar-refractivity contribution >= 4 is 28.7 Å². The van der Waals surface area contributed by atoms with Gasteiger partial charge in [0.05, 0.1) is 0 Å². The van der Waals surface area contributed by atoms with Gasteiger partial charge in [-0.15, -0.1) is 0 Å². The molecule has 2 heterocycles. The van der Waals surface area contributed by atoms with Crippen LogP contribution in [0.1, 0.15) is 5.82 Å². The third-order valence-electron chi connectivity index (χ3n) is 5.21. The number of nitrogens with zero attached hydrogens (tertiary/aromatic N) is 5. The molecule has 0 radical (unpaired) electrons. The lowest BCUT2D eigenvalue weighted by molar-refractivity contribution is 0.646. The van der Waals surface area contributed by atoms with Crippen LogP contribution in [-0.2, 0) is 0 Å². The summed E-state index contributed by atoms with van der Waals surface area (Å²) < 4.78 is 0. The fourth-order valence-corrected chi connectivity index (χ4v) is 3.60. The van der Waals surface area contributed by atoms with Gasteiger partial charge in [0.1, 0.15) is 17.5 Å². The molecule has 1 N–H and O–H groups in total. The van der Waals surface area contributed by atoms with Crippen molar-refractivity contribution in [2.45, 2.75) is 6.92 Å². The first-order valence-corrected chi connectivity index (χ1v) is 10.0. The minimum Gasteiger partial charge on any atom is -0.378 e. The van der Waals surface area contributed by atoms with Crippen LogP contribution in [0.2, 0.25) is 0 Å². The zero-order chi connectivity index (χ0) is 20.2. The van der Waals surface area contributed by atoms with Crippen molar-refractivity contribution in [2.24, 2.45) is 0 Å². The summed E-state index contributed by atoms with van der Waals surface area (Å²) in [5.74, 6) is 2.59. The Hall–Kier alpha value is -3.28. The number of anilines is 5. The molecule has 1 aliphatic heterocycles. The Bertz CT molecular complexity index is 931. The van der Waals surface area contributed by atoms with Gasteiger partial charge in [-0.2, -0.15) is 0 Å². The Kier molecular flexibility index (Phi) is 5.51. The van der Waals surface area contributed by atoms with Gasteiger partial charge in [0.15, 0.2) is 0 Å². The van der Waals surface area contributed by atoms with E-state index in [2.05, 4.69) is 84.6 Å². The summed E-state index contributed by atoms with van der Waals surface area (Å²) in [7, 11) is 4.08. The molecule has 1 fully saturated rings. The maximum absolute atomic E-state index is 4.68. The van der Waals surface area contributed by atoms with Gasteiger partial charge in [0, 0.05) is 63.4 Å². The summed E-state index contributed by atoms with van der Waals surface area (Å²) in [5.41, 5.74) is 3.48. The molecular weight excluding hydrogens is 360 g/mol. The van der Waals surface area contributed by atoms with E-state index in [0.29, 0.717) is 0 Å². The van der Waals surface area contributed by atoms with E-state index in [0.717, 1.165) is 49.3 Å². The van der Waals surface area contributed by atoms with Gasteiger partial charge in [-0.05, 0) is 43.3 Å². The maximum atomic E-state index is 4.68. The van der Waals surface area contributed by atoms with Crippen molar-refractivity contribution in [3.8, 4) is 0 Å². The minimum absolute atomic E-state index is 0.778. The first kappa shape index (κ1) is 19.1. The van der Waals surface area contributed by atoms with Crippen LogP contribution in [0.25, 0.3) is 0 Å². The third kappa shape index (κ3) is 4.59. The zero-order valence-electron chi connectivity index (χ0n) is 17.3. The van der Waals surface area contributed by atoms with Crippen molar-refractivity contribution in [1.29, 1.82) is 0 Å². The second-order valence-corrected chi connectivity index (χ2v) is 7.53. The summed E-state index contributed by atoms with van der Waals surface area (Å²) in [4.78, 5) is 16.1. The van der Waals surface area contributed by atoms with E-state index < -0.39 is 0 Å². The van der Waals surface area contributed by atoms with Crippen LogP contribution in [0.3, 0.4) is 0 Å². The number of para-hydroxylation sites is 1. The smallest absolute Gasteiger partial charge is 0.136 e. The molecule has 3 aromatic rings. The predicted octanol–water partition coefficient (Wildman–Crippen LogP) is 3.92. The second-order valence-electron chi connectivity index (χ2n) is 7.53. The van der Waals surface area contributed by atoms with Crippen LogP contribution in [0.4, 0.5) is 28.7 Å². The Morgan fingerprint density at radius 3 is 2.14 bits per heavy atom. The van der Waals surface area contributed by atoms with E-state index in [4.69, 9.17) is 0 Å². The molecule has 2 aromatic carbocycles. The third-order valence-corrected chi connectivity index (χ3v) is 5.21. The van der Waals surface area contributed by atoms with Crippen molar-refractivity contribution in [3.63, 3.8) is 0 Å². The average Bonchev–Trinajstić information content (AvgIpc) is 2.74. The Morgan fingerprint density at radius 2 is 1.48 bits per heavy atom. The fourth-order valence-electron chi connectivity index (χ4n) is 3.60. The van der Waals surface area contributed by atoms with E-state index >= 15 is 0 Å². The van der Waals surface area contributed by atoms with E-state index in [-0.39, 0.29) is 0 Å². The van der Waals surface area contributed by atoms with E-state index in [1.54, 1.807) is 0 Å². The molecule has 0 bridgehead atoms. The molecular formula is C23H28N6. The fraction of sp³-hybridized carbons (Fsp3) is 0.304. The molecule has 29 heavy (non-hydrogen) atoms. The highest BCUT2D eigenvalue weighted by Gasteiger charge is 2.19. The van der Waals surface area contributed by atoms with Crippen molar-refractivity contribution < 1.29 is 0 Å². The lowest BCUT2D eigenvalue weighted by Gasteiger charge is -2.36. The van der Waals surface area contributed by atoms with Crippen molar-refractivity contribution in [3.05, 3.63) is 66.5 Å². The van der Waals surface area contributed by atoms with Gasteiger partial charge < -0.3 is 20.0 Å². The van der Waals surface area contributed by atoms with Crippen LogP contribution < -0.4 is 20.0 Å². The van der Waals surface area contributed by atoms with Gasteiger partial charge in [0.25, 0.3) is 0 Å². The highest BCUT2D eigenvalue weighted by Crippen LogP contribution is 2.24. The number of nitrogens with one attached hydrogen (secondary N) is 1. The highest BCUT2D eigenvalue weighted by molar-refractivity contribution is 5.63. The standard InChI is InChI=1S/C23H28N6/c1-18-24-22(26-19-9-11-20(12-10-19)27(2)3)17-23(25-18)29-15-13-28(14-16-29)21-7-5-4-6-8-21/h4-12,17H,13-16H2,1-3H3,(H,24,25,26). The van der Waals surface area contributed by atoms with E-state index in [9.17, 15) is 0 Å². The molecule has 4 rings (SSSR count). The molecule has 1 aliphatic rings. The number of aryl methyl sites for hydroxylation is 1. The lowest BCUT2D eigenvalue weighted by atomic mass is 10.2. The molecule has 1 aromatic heterocycles. The number of benzene rings is 2. The monoisotopic (exact) mass is 388 g/mol. The molecule has 6 heteroatoms. The van der Waals surface area contributed by atoms with Gasteiger partial charge >= 0.3 is 0 Å². The number of aromatic nitrogens is 2. The topological polar surface area (TPSA) is 47.5 Å². The molecule has 0 amide bonds. The Labute approximate surface area is 172 Å². The maximum Gasteiger partial charge on any atom is 0.136 e. The first-order chi connectivity index (χ1) is 14.1. The van der Waals surface area contributed by atoms with E-state index in [1.807, 2.05) is 27.1 Å². The summed E-state index contributed by atoms with van der Waals surface area (Å²) >= 11 is 0. The molecule has 6 nitrogen and oxygen atoms in total. The number of hydrogen-bond donors (Lipinski definition) is 1. The first-order valence-electron chi connectivity index (χ1n) is 10.0. The van der Waals surface area contributed by atoms with Crippen molar-refractivity contribution in [2.75, 3.05) is 60.3 Å². The quantitative estimate of drug-likeness (QED) is 0.715. The largest absolute Gasteiger partial charge is 0.378 e. The molecule has 150 valence electrons. The normalized spacial score (nSPS) is 14.0. The zero-order valence-corrected chi connectivity index (χ0v) is 17.3. The molecule has 0 aliphatic carbocycles. The van der Waals surface area contributed by atoms with Crippen LogP contribution in [0.15, 0.2) is 60.7 Å². The molecule has 0 spiro atoms. The Morgan fingerprint density at radius 1 is 0.828 bits per heavy atom. The number of hydrogen-bond acceptors (Lipinski definition) is 6. The van der Waals surface area contributed by atoms with Gasteiger partial charge in [-0.25, -0.2) is 9.97 Å². The predicted molar refractivity (Wildman–Crippen MR) is 122 cm³/mol. The summed E-state index contributed by atoms with van der Waals surface area (Å²) in [6.07, 6.45) is 0. The Balaban J connectivity index is 1.44. The summed E-state index contributed by atoms with van der Waals surface area (Å²) in [6, 6.07) is 21.0. The lowest BCUT2D eigenvalue weighted by Crippen LogP contribution is -2.46. The average molecular weight is 389 g/mol. The van der Waals surface area contributed by atoms with Crippen LogP contribution in [0.5, 0.6) is 0 Å². The van der Waals surface area contributed by atoms with Gasteiger partial charge in [-0.3, -0.25) is 0 Å². The SMILES string of the molecule is Cc1nc(Nc2ccc(N(C)C)cc2)cc(N2CCN(c3ccccc3)CC2)n1. The molecule has 0 saturated carbocycles. The van der Waals surface area contributed by atoms with Gasteiger partial charge in [-0.1, -0.05) is 18.2 Å². The highest BCUT2D eigenvalue weighted by atomic mass is 15.3. The number of rotatable bonds is 5. The molecule has 0 unspecified atom stereocenters. The van der Waals surface area contributed by atoms with Crippen molar-refractivity contribution in [1.82, 2.24) is 9.97 Å². The minimum atomic E-state index is 0.778. The van der Waals surface area contributed by atoms with Gasteiger partial charge in [0.2, 0.25) is 0 Å². The van der Waals surface area contributed by atoms with E-state index in [1.165, 1.54) is 11.4 Å². The number of piperazine rings is 1.